The third kappa shape index (κ3) is 5.60. The predicted molar refractivity (Wildman–Crippen MR) is 135 cm³/mol. The molecule has 4 rings (SSSR count). The Morgan fingerprint density at radius 3 is 2.29 bits per heavy atom. The molecule has 0 fully saturated rings. The molecule has 1 atom stereocenters. The number of hydrogen-bond acceptors (Lipinski definition) is 5. The molecule has 170 valence electrons. The number of non-ortho nitro benzene ring substituents is 1. The number of amides is 2. The summed E-state index contributed by atoms with van der Waals surface area (Å²) in [5.74, 6) is -0.443. The number of nitro groups is 1. The lowest BCUT2D eigenvalue weighted by Gasteiger charge is -2.13. The highest BCUT2D eigenvalue weighted by molar-refractivity contribution is 8.00. The smallest absolute Gasteiger partial charge is 0.269 e. The standard InChI is InChI=1S/C26H21N3O4S/c1-17(25(30)27-21-11-13-23(14-12-21)29(32)33)34-24-8-4-7-22(16-24)28-26(31)20-10-9-18-5-2-3-6-19(18)15-20/h2-17H,1H3,(H,27,30)(H,28,31). The van der Waals surface area contributed by atoms with E-state index in [9.17, 15) is 19.7 Å². The predicted octanol–water partition coefficient (Wildman–Crippen LogP) is 6.12. The Hall–Kier alpha value is -4.17. The van der Waals surface area contributed by atoms with E-state index in [0.29, 0.717) is 16.9 Å². The first-order valence-electron chi connectivity index (χ1n) is 10.5. The van der Waals surface area contributed by atoms with Gasteiger partial charge in [0.1, 0.15) is 0 Å². The van der Waals surface area contributed by atoms with E-state index in [1.165, 1.54) is 36.0 Å². The summed E-state index contributed by atoms with van der Waals surface area (Å²) in [6.07, 6.45) is 0. The molecule has 0 aromatic heterocycles. The number of nitrogens with one attached hydrogen (secondary N) is 2. The van der Waals surface area contributed by atoms with Crippen molar-refractivity contribution in [1.29, 1.82) is 0 Å². The number of rotatable bonds is 7. The quantitative estimate of drug-likeness (QED) is 0.192. The third-order valence-corrected chi connectivity index (χ3v) is 6.23. The second-order valence-electron chi connectivity index (χ2n) is 7.60. The Kier molecular flexibility index (Phi) is 6.89. The Labute approximate surface area is 200 Å². The van der Waals surface area contributed by atoms with Crippen LogP contribution in [0.3, 0.4) is 0 Å². The van der Waals surface area contributed by atoms with Crippen molar-refractivity contribution < 1.29 is 14.5 Å². The lowest BCUT2D eigenvalue weighted by molar-refractivity contribution is -0.384. The minimum absolute atomic E-state index is 0.0389. The van der Waals surface area contributed by atoms with Crippen molar-refractivity contribution >= 4 is 51.4 Å². The summed E-state index contributed by atoms with van der Waals surface area (Å²) in [6, 6.07) is 26.4. The van der Waals surface area contributed by atoms with Crippen LogP contribution in [-0.2, 0) is 4.79 Å². The van der Waals surface area contributed by atoms with Crippen LogP contribution in [0, 0.1) is 10.1 Å². The number of nitro benzene ring substituents is 1. The fourth-order valence-electron chi connectivity index (χ4n) is 3.35. The molecular formula is C26H21N3O4S. The summed E-state index contributed by atoms with van der Waals surface area (Å²) in [7, 11) is 0. The van der Waals surface area contributed by atoms with Crippen molar-refractivity contribution in [2.75, 3.05) is 10.6 Å². The molecule has 2 N–H and O–H groups in total. The summed E-state index contributed by atoms with van der Waals surface area (Å²) in [4.78, 5) is 36.4. The van der Waals surface area contributed by atoms with Gasteiger partial charge in [-0.1, -0.05) is 36.4 Å². The highest BCUT2D eigenvalue weighted by atomic mass is 32.2. The molecule has 4 aromatic rings. The minimum atomic E-state index is -0.490. The Morgan fingerprint density at radius 2 is 1.56 bits per heavy atom. The minimum Gasteiger partial charge on any atom is -0.325 e. The number of hydrogen-bond donors (Lipinski definition) is 2. The molecule has 0 heterocycles. The maximum Gasteiger partial charge on any atom is 0.269 e. The Bertz CT molecular complexity index is 1370. The van der Waals surface area contributed by atoms with Gasteiger partial charge < -0.3 is 10.6 Å². The molecule has 1 unspecified atom stereocenters. The maximum atomic E-state index is 12.7. The third-order valence-electron chi connectivity index (χ3n) is 5.13. The van der Waals surface area contributed by atoms with Crippen molar-refractivity contribution in [3.63, 3.8) is 0 Å². The molecular weight excluding hydrogens is 450 g/mol. The first-order valence-corrected chi connectivity index (χ1v) is 11.4. The van der Waals surface area contributed by atoms with Crippen molar-refractivity contribution in [3.05, 3.63) is 107 Å². The second kappa shape index (κ2) is 10.2. The molecule has 0 saturated carbocycles. The molecule has 8 heteroatoms. The van der Waals surface area contributed by atoms with Crippen LogP contribution >= 0.6 is 11.8 Å². The van der Waals surface area contributed by atoms with E-state index in [-0.39, 0.29) is 17.5 Å². The summed E-state index contributed by atoms with van der Waals surface area (Å²) in [5.41, 5.74) is 1.64. The average molecular weight is 472 g/mol. The van der Waals surface area contributed by atoms with Gasteiger partial charge in [0.25, 0.3) is 11.6 Å². The zero-order chi connectivity index (χ0) is 24.1. The monoisotopic (exact) mass is 471 g/mol. The van der Waals surface area contributed by atoms with Gasteiger partial charge in [0.2, 0.25) is 5.91 Å². The summed E-state index contributed by atoms with van der Waals surface area (Å²) in [5, 5.41) is 18.1. The Balaban J connectivity index is 1.38. The molecule has 34 heavy (non-hydrogen) atoms. The van der Waals surface area contributed by atoms with Gasteiger partial charge in [0, 0.05) is 34.0 Å². The zero-order valence-electron chi connectivity index (χ0n) is 18.2. The number of benzene rings is 4. The molecule has 0 saturated heterocycles. The van der Waals surface area contributed by atoms with E-state index in [2.05, 4.69) is 10.6 Å². The van der Waals surface area contributed by atoms with Crippen LogP contribution in [0.15, 0.2) is 95.9 Å². The van der Waals surface area contributed by atoms with Crippen LogP contribution < -0.4 is 10.6 Å². The number of carbonyl (C=O) groups is 2. The van der Waals surface area contributed by atoms with Crippen LogP contribution in [0.1, 0.15) is 17.3 Å². The van der Waals surface area contributed by atoms with E-state index in [4.69, 9.17) is 0 Å². The van der Waals surface area contributed by atoms with Gasteiger partial charge in [0.15, 0.2) is 0 Å². The molecule has 0 aliphatic rings. The SMILES string of the molecule is CC(Sc1cccc(NC(=O)c2ccc3ccccc3c2)c1)C(=O)Nc1ccc([N+](=O)[O-])cc1. The molecule has 0 spiro atoms. The van der Waals surface area contributed by atoms with E-state index >= 15 is 0 Å². The van der Waals surface area contributed by atoms with Gasteiger partial charge in [-0.15, -0.1) is 11.8 Å². The highest BCUT2D eigenvalue weighted by Crippen LogP contribution is 2.27. The molecule has 0 aliphatic carbocycles. The molecule has 0 radical (unpaired) electrons. The zero-order valence-corrected chi connectivity index (χ0v) is 19.0. The van der Waals surface area contributed by atoms with Crippen molar-refractivity contribution in [2.24, 2.45) is 0 Å². The van der Waals surface area contributed by atoms with E-state index in [1.807, 2.05) is 54.6 Å². The molecule has 0 aliphatic heterocycles. The van der Waals surface area contributed by atoms with Gasteiger partial charge >= 0.3 is 0 Å². The van der Waals surface area contributed by atoms with E-state index in [0.717, 1.165) is 15.7 Å². The summed E-state index contributed by atoms with van der Waals surface area (Å²) in [6.45, 7) is 1.77. The summed E-state index contributed by atoms with van der Waals surface area (Å²) >= 11 is 1.35. The lowest BCUT2D eigenvalue weighted by Crippen LogP contribution is -2.22. The van der Waals surface area contributed by atoms with Crippen LogP contribution in [0.4, 0.5) is 17.1 Å². The lowest BCUT2D eigenvalue weighted by atomic mass is 10.1. The number of fused-ring (bicyclic) bond motifs is 1. The summed E-state index contributed by atoms with van der Waals surface area (Å²) < 4.78 is 0. The molecule has 0 bridgehead atoms. The fraction of sp³-hybridized carbons (Fsp3) is 0.0769. The topological polar surface area (TPSA) is 101 Å². The van der Waals surface area contributed by atoms with Gasteiger partial charge in [-0.05, 0) is 60.2 Å². The first kappa shape index (κ1) is 23.0. The van der Waals surface area contributed by atoms with Crippen molar-refractivity contribution in [3.8, 4) is 0 Å². The molecule has 4 aromatic carbocycles. The van der Waals surface area contributed by atoms with Crippen LogP contribution in [0.5, 0.6) is 0 Å². The highest BCUT2D eigenvalue weighted by Gasteiger charge is 2.16. The van der Waals surface area contributed by atoms with Crippen LogP contribution in [0.2, 0.25) is 0 Å². The van der Waals surface area contributed by atoms with Gasteiger partial charge in [-0.25, -0.2) is 0 Å². The van der Waals surface area contributed by atoms with Crippen LogP contribution in [0.25, 0.3) is 10.8 Å². The fourth-order valence-corrected chi connectivity index (χ4v) is 4.28. The normalized spacial score (nSPS) is 11.6. The van der Waals surface area contributed by atoms with Crippen molar-refractivity contribution in [2.45, 2.75) is 17.1 Å². The van der Waals surface area contributed by atoms with Gasteiger partial charge in [0.05, 0.1) is 10.2 Å². The first-order chi connectivity index (χ1) is 16.4. The number of anilines is 2. The Morgan fingerprint density at radius 1 is 0.824 bits per heavy atom. The number of nitrogens with zero attached hydrogens (tertiary/aromatic N) is 1. The average Bonchev–Trinajstić information content (AvgIpc) is 2.84. The maximum absolute atomic E-state index is 12.7. The molecule has 2 amide bonds. The molecule has 7 nitrogen and oxygen atoms in total. The van der Waals surface area contributed by atoms with Crippen molar-refractivity contribution in [1.82, 2.24) is 0 Å². The van der Waals surface area contributed by atoms with Gasteiger partial charge in [-0.2, -0.15) is 0 Å². The largest absolute Gasteiger partial charge is 0.325 e. The van der Waals surface area contributed by atoms with Gasteiger partial charge in [-0.3, -0.25) is 19.7 Å². The number of carbonyl (C=O) groups excluding carboxylic acids is 2. The van der Waals surface area contributed by atoms with E-state index < -0.39 is 10.2 Å². The van der Waals surface area contributed by atoms with E-state index in [1.54, 1.807) is 19.1 Å². The van der Waals surface area contributed by atoms with Crippen LogP contribution in [-0.4, -0.2) is 22.0 Å². The second-order valence-corrected chi connectivity index (χ2v) is 9.01. The number of thioether (sulfide) groups is 1.